The largest absolute Gasteiger partial charge is 0.383 e. The third kappa shape index (κ3) is 5.09. The number of hydrogen-bond donors (Lipinski definition) is 2. The van der Waals surface area contributed by atoms with E-state index in [1.165, 1.54) is 6.07 Å². The zero-order chi connectivity index (χ0) is 27.6. The quantitative estimate of drug-likeness (QED) is 0.457. The van der Waals surface area contributed by atoms with E-state index >= 15 is 0 Å². The summed E-state index contributed by atoms with van der Waals surface area (Å²) in [4.78, 5) is 23.7. The van der Waals surface area contributed by atoms with Crippen molar-refractivity contribution in [3.8, 4) is 0 Å². The highest BCUT2D eigenvalue weighted by atomic mass is 19.1. The van der Waals surface area contributed by atoms with Crippen LogP contribution < -0.4 is 16.1 Å². The Balaban J connectivity index is 1.69. The second kappa shape index (κ2) is 11.1. The van der Waals surface area contributed by atoms with Crippen molar-refractivity contribution in [3.63, 3.8) is 0 Å². The molecule has 0 saturated carbocycles. The Morgan fingerprint density at radius 3 is 2.59 bits per heavy atom. The van der Waals surface area contributed by atoms with E-state index < -0.39 is 17.6 Å². The maximum absolute atomic E-state index is 14.5. The molecule has 2 aliphatic rings. The fourth-order valence-electron chi connectivity index (χ4n) is 6.13. The molecule has 3 N–H and O–H groups in total. The van der Waals surface area contributed by atoms with Crippen molar-refractivity contribution < 1.29 is 13.9 Å². The number of likely N-dealkylation sites (tertiary alicyclic amines) is 1. The SMILES string of the molecule is COCCN1CC[C@@H]([C@@]2(C)C(c3cnc(C)nc3)=NN(c3ccccc3)C2NC(N)=O)C1c1cccc(F)c1. The minimum Gasteiger partial charge on any atom is -0.383 e. The zero-order valence-electron chi connectivity index (χ0n) is 22.4. The number of methoxy groups -OCH3 is 1. The standard InChI is InChI=1S/C29H34FN7O2/c1-19-32-17-21(18-33-19)26-29(2,27(34-28(31)38)37(35-26)23-10-5-4-6-11-23)24-12-13-36(14-15-39-3)25(24)20-8-7-9-22(30)16-20/h4-11,16-18,24-25,27H,12-15H2,1-3H3,(H3,31,34,38)/t24-,25?,27?,29+/m1/s1. The molecule has 0 spiro atoms. The molecule has 2 unspecified atom stereocenters. The van der Waals surface area contributed by atoms with Crippen LogP contribution in [0, 0.1) is 24.1 Å². The van der Waals surface area contributed by atoms with Crippen LogP contribution in [0.2, 0.25) is 0 Å². The molecule has 9 nitrogen and oxygen atoms in total. The van der Waals surface area contributed by atoms with Crippen molar-refractivity contribution >= 4 is 17.4 Å². The van der Waals surface area contributed by atoms with E-state index in [0.29, 0.717) is 19.0 Å². The Hall–Kier alpha value is -3.89. The van der Waals surface area contributed by atoms with Gasteiger partial charge < -0.3 is 15.8 Å². The van der Waals surface area contributed by atoms with E-state index in [1.807, 2.05) is 48.3 Å². The number of halogens is 1. The molecular weight excluding hydrogens is 497 g/mol. The number of aromatic nitrogens is 2. The van der Waals surface area contributed by atoms with Crippen LogP contribution in [0.15, 0.2) is 72.1 Å². The van der Waals surface area contributed by atoms with Gasteiger partial charge in [0.2, 0.25) is 0 Å². The number of nitrogens with two attached hydrogens (primary N) is 1. The van der Waals surface area contributed by atoms with Crippen molar-refractivity contribution in [3.05, 3.63) is 89.8 Å². The maximum atomic E-state index is 14.5. The molecule has 0 bridgehead atoms. The summed E-state index contributed by atoms with van der Waals surface area (Å²) in [5.74, 6) is 0.275. The van der Waals surface area contributed by atoms with Gasteiger partial charge in [0.1, 0.15) is 17.8 Å². The molecule has 0 aliphatic carbocycles. The molecule has 1 fully saturated rings. The average Bonchev–Trinajstić information content (AvgIpc) is 3.48. The van der Waals surface area contributed by atoms with E-state index in [4.69, 9.17) is 15.6 Å². The summed E-state index contributed by atoms with van der Waals surface area (Å²) in [6, 6.07) is 15.6. The summed E-state index contributed by atoms with van der Waals surface area (Å²) < 4.78 is 20.0. The molecule has 5 rings (SSSR count). The third-order valence-corrected chi connectivity index (χ3v) is 7.93. The van der Waals surface area contributed by atoms with Gasteiger partial charge in [0, 0.05) is 37.7 Å². The van der Waals surface area contributed by atoms with Gasteiger partial charge in [0.25, 0.3) is 0 Å². The number of benzene rings is 2. The number of para-hydroxylation sites is 1. The molecule has 2 aromatic carbocycles. The van der Waals surface area contributed by atoms with Gasteiger partial charge >= 0.3 is 6.03 Å². The first-order chi connectivity index (χ1) is 18.8. The summed E-state index contributed by atoms with van der Waals surface area (Å²) in [5, 5.41) is 9.93. The number of rotatable bonds is 8. The second-order valence-electron chi connectivity index (χ2n) is 10.3. The van der Waals surface area contributed by atoms with Crippen molar-refractivity contribution in [2.24, 2.45) is 22.2 Å². The molecule has 0 radical (unpaired) electrons. The summed E-state index contributed by atoms with van der Waals surface area (Å²) in [6.07, 6.45) is 3.71. The third-order valence-electron chi connectivity index (χ3n) is 7.93. The monoisotopic (exact) mass is 531 g/mol. The lowest BCUT2D eigenvalue weighted by atomic mass is 9.65. The van der Waals surface area contributed by atoms with Gasteiger partial charge in [0.15, 0.2) is 0 Å². The van der Waals surface area contributed by atoms with E-state index in [1.54, 1.807) is 31.6 Å². The molecule has 2 aliphatic heterocycles. The van der Waals surface area contributed by atoms with Crippen LogP contribution in [0.5, 0.6) is 0 Å². The van der Waals surface area contributed by atoms with E-state index in [9.17, 15) is 9.18 Å². The Kier molecular flexibility index (Phi) is 7.58. The Morgan fingerprint density at radius 2 is 1.92 bits per heavy atom. The van der Waals surface area contributed by atoms with Crippen LogP contribution in [0.4, 0.5) is 14.9 Å². The van der Waals surface area contributed by atoms with Crippen LogP contribution in [-0.2, 0) is 4.74 Å². The van der Waals surface area contributed by atoms with Gasteiger partial charge in [-0.2, -0.15) is 5.10 Å². The Morgan fingerprint density at radius 1 is 1.18 bits per heavy atom. The minimum absolute atomic E-state index is 0.0817. The molecule has 2 amide bonds. The summed E-state index contributed by atoms with van der Waals surface area (Å²) in [6.45, 7) is 5.93. The number of urea groups is 1. The summed E-state index contributed by atoms with van der Waals surface area (Å²) in [7, 11) is 1.68. The number of nitrogens with zero attached hydrogens (tertiary/aromatic N) is 5. The smallest absolute Gasteiger partial charge is 0.313 e. The predicted molar refractivity (Wildman–Crippen MR) is 148 cm³/mol. The molecule has 3 heterocycles. The number of primary amides is 1. The number of carbonyl (C=O) groups excluding carboxylic acids is 1. The van der Waals surface area contributed by atoms with Gasteiger partial charge in [-0.1, -0.05) is 30.3 Å². The number of nitrogens with one attached hydrogen (secondary N) is 1. The number of anilines is 1. The lowest BCUT2D eigenvalue weighted by molar-refractivity contribution is 0.111. The molecule has 4 atom stereocenters. The molecule has 3 aromatic rings. The lowest BCUT2D eigenvalue weighted by Gasteiger charge is -2.43. The van der Waals surface area contributed by atoms with Crippen LogP contribution in [0.1, 0.15) is 36.3 Å². The first kappa shape index (κ1) is 26.7. The predicted octanol–water partition coefficient (Wildman–Crippen LogP) is 3.86. The van der Waals surface area contributed by atoms with Gasteiger partial charge in [-0.05, 0) is 62.6 Å². The second-order valence-corrected chi connectivity index (χ2v) is 10.3. The summed E-state index contributed by atoms with van der Waals surface area (Å²) >= 11 is 0. The molecule has 1 aromatic heterocycles. The molecule has 204 valence electrons. The highest BCUT2D eigenvalue weighted by molar-refractivity contribution is 6.07. The van der Waals surface area contributed by atoms with E-state index in [0.717, 1.165) is 35.5 Å². The van der Waals surface area contributed by atoms with Gasteiger partial charge in [-0.3, -0.25) is 4.90 Å². The number of aryl methyl sites for hydroxylation is 1. The number of amides is 2. The minimum atomic E-state index is -0.762. The van der Waals surface area contributed by atoms with E-state index in [2.05, 4.69) is 27.1 Å². The highest BCUT2D eigenvalue weighted by Gasteiger charge is 2.58. The summed E-state index contributed by atoms with van der Waals surface area (Å²) in [5.41, 5.74) is 8.17. The van der Waals surface area contributed by atoms with Crippen LogP contribution in [0.25, 0.3) is 0 Å². The molecule has 10 heteroatoms. The number of hydrazone groups is 1. The Bertz CT molecular complexity index is 1340. The topological polar surface area (TPSA) is 109 Å². The fourth-order valence-corrected chi connectivity index (χ4v) is 6.13. The Labute approximate surface area is 227 Å². The van der Waals surface area contributed by atoms with Gasteiger partial charge in [0.05, 0.1) is 23.4 Å². The lowest BCUT2D eigenvalue weighted by Crippen LogP contribution is -2.58. The maximum Gasteiger partial charge on any atom is 0.313 e. The van der Waals surface area contributed by atoms with Crippen LogP contribution >= 0.6 is 0 Å². The van der Waals surface area contributed by atoms with Crippen molar-refractivity contribution in [1.82, 2.24) is 20.2 Å². The number of ether oxygens (including phenoxy) is 1. The van der Waals surface area contributed by atoms with Crippen molar-refractivity contribution in [2.75, 3.05) is 31.8 Å². The number of carbonyl (C=O) groups is 1. The van der Waals surface area contributed by atoms with Gasteiger partial charge in [-0.25, -0.2) is 24.2 Å². The first-order valence-corrected chi connectivity index (χ1v) is 13.1. The first-order valence-electron chi connectivity index (χ1n) is 13.1. The normalized spacial score (nSPS) is 25.1. The average molecular weight is 532 g/mol. The van der Waals surface area contributed by atoms with E-state index in [-0.39, 0.29) is 17.8 Å². The zero-order valence-corrected chi connectivity index (χ0v) is 22.4. The van der Waals surface area contributed by atoms with Crippen molar-refractivity contribution in [2.45, 2.75) is 32.5 Å². The number of hydrogen-bond acceptors (Lipinski definition) is 7. The fraction of sp³-hybridized carbons (Fsp3) is 0.379. The molecule has 39 heavy (non-hydrogen) atoms. The molecular formula is C29H34FN7O2. The van der Waals surface area contributed by atoms with Crippen LogP contribution in [-0.4, -0.2) is 59.6 Å². The highest BCUT2D eigenvalue weighted by Crippen LogP contribution is 2.53. The van der Waals surface area contributed by atoms with Crippen molar-refractivity contribution in [1.29, 1.82) is 0 Å². The molecule has 1 saturated heterocycles. The van der Waals surface area contributed by atoms with Gasteiger partial charge in [-0.15, -0.1) is 0 Å². The van der Waals surface area contributed by atoms with Crippen LogP contribution in [0.3, 0.4) is 0 Å².